The molecule has 96 heavy (non-hydrogen) atoms. The number of para-hydroxylation sites is 8. The largest absolute Gasteiger partial charge is 0.353 e. The summed E-state index contributed by atoms with van der Waals surface area (Å²) < 4.78 is 14.7. The van der Waals surface area contributed by atoms with E-state index in [0.717, 1.165) is 191 Å². The van der Waals surface area contributed by atoms with Crippen molar-refractivity contribution in [1.29, 1.82) is 0 Å². The molecule has 4 aliphatic rings. The maximum Gasteiger partial charge on any atom is 0.185 e. The summed E-state index contributed by atoms with van der Waals surface area (Å²) in [5.74, 6) is 0.933. The van der Waals surface area contributed by atoms with E-state index >= 15 is 0 Å². The van der Waals surface area contributed by atoms with Crippen LogP contribution < -0.4 is 10.2 Å². The van der Waals surface area contributed by atoms with Crippen molar-refractivity contribution in [2.75, 3.05) is 30.0 Å². The van der Waals surface area contributed by atoms with Crippen molar-refractivity contribution < 1.29 is 9.47 Å². The Labute approximate surface area is 558 Å². The monoisotopic (exact) mass is 1270 g/mol. The van der Waals surface area contributed by atoms with E-state index in [0.29, 0.717) is 18.9 Å². The van der Waals surface area contributed by atoms with Crippen molar-refractivity contribution in [2.24, 2.45) is 0 Å². The number of benzene rings is 7. The summed E-state index contributed by atoms with van der Waals surface area (Å²) in [4.78, 5) is 41.6. The highest BCUT2D eigenvalue weighted by atomic mass is 32.2. The molecule has 7 aromatic carbocycles. The lowest BCUT2D eigenvalue weighted by Gasteiger charge is -2.46. The van der Waals surface area contributed by atoms with Crippen LogP contribution in [-0.4, -0.2) is 75.5 Å². The van der Waals surface area contributed by atoms with Crippen LogP contribution in [0.3, 0.4) is 0 Å². The number of nitrogens with one attached hydrogen (secondary N) is 1. The average Bonchev–Trinajstić information content (AvgIpc) is 0.764. The minimum atomic E-state index is -0.446. The molecule has 0 amide bonds. The van der Waals surface area contributed by atoms with Gasteiger partial charge in [-0.25, -0.2) is 34.9 Å². The number of rotatable bonds is 8. The summed E-state index contributed by atoms with van der Waals surface area (Å²) in [5.41, 5.74) is 20.7. The predicted molar refractivity (Wildman–Crippen MR) is 385 cm³/mol. The van der Waals surface area contributed by atoms with E-state index in [2.05, 4.69) is 183 Å². The van der Waals surface area contributed by atoms with Crippen molar-refractivity contribution in [3.8, 4) is 44.8 Å². The third-order valence-electron chi connectivity index (χ3n) is 19.5. The molecule has 0 spiro atoms. The number of anilines is 3. The van der Waals surface area contributed by atoms with Gasteiger partial charge in [-0.1, -0.05) is 140 Å². The molecule has 466 valence electrons. The van der Waals surface area contributed by atoms with Gasteiger partial charge in [-0.05, 0) is 141 Å². The fourth-order valence-electron chi connectivity index (χ4n) is 15.1. The molecule has 11 heterocycles. The zero-order valence-electron chi connectivity index (χ0n) is 52.6. The van der Waals surface area contributed by atoms with Crippen molar-refractivity contribution in [3.63, 3.8) is 0 Å². The molecule has 0 radical (unpaired) electrons. The summed E-state index contributed by atoms with van der Waals surface area (Å²) in [5, 5.41) is 16.6. The van der Waals surface area contributed by atoms with Gasteiger partial charge >= 0.3 is 0 Å². The Hall–Kier alpha value is -10.8. The Morgan fingerprint density at radius 2 is 1.18 bits per heavy atom. The van der Waals surface area contributed by atoms with Gasteiger partial charge < -0.3 is 24.1 Å². The average molecular weight is 1270 g/mol. The summed E-state index contributed by atoms with van der Waals surface area (Å²) >= 11 is 1.78. The number of ether oxygens (including phenoxy) is 2. The van der Waals surface area contributed by atoms with Gasteiger partial charge in [-0.15, -0.1) is 5.10 Å². The maximum atomic E-state index is 6.25. The SMILES string of the molecule is C1=C(c2nc(-c3nncc4ccccc34)c(-c3cccc4nc5ccccc5nc34)c(-c3cccc4c3Nc3ccccc3S4)c2-c2cccc3nc4ccccc4nc23)CCCCC1.c1cnc2nc(N3CCCCCC3(c3ccn4ccccc34)C3OCCO3)ccc2c1. The van der Waals surface area contributed by atoms with E-state index in [4.69, 9.17) is 44.5 Å². The van der Waals surface area contributed by atoms with E-state index in [1.54, 1.807) is 18.0 Å². The third-order valence-corrected chi connectivity index (χ3v) is 20.6. The molecule has 19 rings (SSSR count). The minimum absolute atomic E-state index is 0.335. The van der Waals surface area contributed by atoms with Crippen molar-refractivity contribution >= 4 is 106 Å². The topological polar surface area (TPSA) is 154 Å². The molecule has 1 atom stereocenters. The Kier molecular flexibility index (Phi) is 14.7. The van der Waals surface area contributed by atoms with Gasteiger partial charge in [0.1, 0.15) is 22.7 Å². The molecule has 8 aromatic heterocycles. The molecule has 15 heteroatoms. The number of hydrogen-bond donors (Lipinski definition) is 1. The summed E-state index contributed by atoms with van der Waals surface area (Å²) in [7, 11) is 0. The van der Waals surface area contributed by atoms with Crippen LogP contribution in [0.15, 0.2) is 241 Å². The first-order valence-corrected chi connectivity index (χ1v) is 34.2. The van der Waals surface area contributed by atoms with Gasteiger partial charge in [0, 0.05) is 90.0 Å². The predicted octanol–water partition coefficient (Wildman–Crippen LogP) is 19.0. The lowest BCUT2D eigenvalue weighted by Crippen LogP contribution is -2.55. The molecule has 1 unspecified atom stereocenters. The van der Waals surface area contributed by atoms with Crippen LogP contribution in [0.1, 0.15) is 69.0 Å². The highest BCUT2D eigenvalue weighted by molar-refractivity contribution is 7.99. The molecule has 2 saturated heterocycles. The second-order valence-corrected chi connectivity index (χ2v) is 26.2. The fourth-order valence-corrected chi connectivity index (χ4v) is 16.1. The highest BCUT2D eigenvalue weighted by Crippen LogP contribution is 2.56. The Balaban J connectivity index is 0.000000181. The standard InChI is InChI=1S/C56H38N8S.C25H26N4O2/c1-2-4-17-33(16-3-1)51-49(37-20-13-28-44-52(37)60-41-25-9-7-23-39(41)58-44)48(36-22-15-31-47-54(36)62-43-27-11-12-30-46(43)65-47)50(56(63-51)55-35-19-6-5-18-34(35)32-57-64-55)38-21-14-29-45-53(38)61-42-26-10-8-24-40(42)59-45;1-3-12-25(24-30-17-18-31-24,20-11-16-28-14-5-2-8-21(20)28)29(15-4-1)22-10-9-19-7-6-13-26-23(19)27-22/h5-16,18-32,62H,1-4,17H2;2,5-11,13-14,16,24H,1,3-4,12,15,17-18H2. The number of nitrogens with zero attached hydrogens (tertiary/aromatic N) is 11. The van der Waals surface area contributed by atoms with Crippen LogP contribution in [0.25, 0.3) is 122 Å². The van der Waals surface area contributed by atoms with Crippen LogP contribution in [0.2, 0.25) is 0 Å². The molecular formula is C81H64N12O2S. The van der Waals surface area contributed by atoms with Gasteiger partial charge in [0.05, 0.1) is 86.1 Å². The third kappa shape index (κ3) is 10.1. The Morgan fingerprint density at radius 3 is 1.99 bits per heavy atom. The molecule has 1 N–H and O–H groups in total. The lowest BCUT2D eigenvalue weighted by atomic mass is 9.81. The molecule has 3 aliphatic heterocycles. The van der Waals surface area contributed by atoms with Crippen LogP contribution in [-0.2, 0) is 15.0 Å². The summed E-state index contributed by atoms with van der Waals surface area (Å²) in [6.45, 7) is 2.15. The van der Waals surface area contributed by atoms with Crippen LogP contribution >= 0.6 is 11.8 Å². The van der Waals surface area contributed by atoms with Crippen LogP contribution in [0, 0.1) is 0 Å². The number of pyridine rings is 4. The van der Waals surface area contributed by atoms with E-state index in [9.17, 15) is 0 Å². The van der Waals surface area contributed by atoms with E-state index in [-0.39, 0.29) is 6.29 Å². The van der Waals surface area contributed by atoms with Crippen molar-refractivity contribution in [2.45, 2.75) is 79.4 Å². The van der Waals surface area contributed by atoms with Gasteiger partial charge in [0.15, 0.2) is 11.9 Å². The number of fused-ring (bicyclic) bond motifs is 9. The zero-order valence-corrected chi connectivity index (χ0v) is 53.5. The molecule has 15 aromatic rings. The van der Waals surface area contributed by atoms with Crippen molar-refractivity contribution in [3.05, 3.63) is 242 Å². The second kappa shape index (κ2) is 24.5. The zero-order chi connectivity index (χ0) is 63.5. The number of aromatic nitrogens is 10. The smallest absolute Gasteiger partial charge is 0.185 e. The first kappa shape index (κ1) is 57.8. The Morgan fingerprint density at radius 1 is 0.500 bits per heavy atom. The quantitative estimate of drug-likeness (QED) is 0.144. The fraction of sp³-hybridized carbons (Fsp3) is 0.173. The van der Waals surface area contributed by atoms with Crippen LogP contribution in [0.4, 0.5) is 17.2 Å². The summed E-state index contributed by atoms with van der Waals surface area (Å²) in [6, 6.07) is 69.3. The maximum absolute atomic E-state index is 6.25. The first-order valence-electron chi connectivity index (χ1n) is 33.4. The lowest BCUT2D eigenvalue weighted by molar-refractivity contribution is -0.102. The molecule has 1 aliphatic carbocycles. The first-order chi connectivity index (χ1) is 47.6. The molecule has 0 saturated carbocycles. The van der Waals surface area contributed by atoms with E-state index in [1.165, 1.54) is 28.0 Å². The van der Waals surface area contributed by atoms with E-state index < -0.39 is 5.54 Å². The van der Waals surface area contributed by atoms with Gasteiger partial charge in [0.2, 0.25) is 0 Å². The molecular weight excluding hydrogens is 1210 g/mol. The van der Waals surface area contributed by atoms with Crippen LogP contribution in [0.5, 0.6) is 0 Å². The van der Waals surface area contributed by atoms with Gasteiger partial charge in [0.25, 0.3) is 0 Å². The van der Waals surface area contributed by atoms with E-state index in [1.807, 2.05) is 66.9 Å². The molecule has 14 nitrogen and oxygen atoms in total. The number of allylic oxidation sites excluding steroid dienone is 2. The van der Waals surface area contributed by atoms with Gasteiger partial charge in [-0.3, -0.25) is 0 Å². The second-order valence-electron chi connectivity index (χ2n) is 25.1. The molecule has 0 bridgehead atoms. The minimum Gasteiger partial charge on any atom is -0.353 e. The molecule has 2 fully saturated rings. The highest BCUT2D eigenvalue weighted by Gasteiger charge is 2.51. The normalized spacial score (nSPS) is 16.7. The van der Waals surface area contributed by atoms with Crippen molar-refractivity contribution in [1.82, 2.24) is 49.5 Å². The summed E-state index contributed by atoms with van der Waals surface area (Å²) in [6.07, 6.45) is 19.5. The van der Waals surface area contributed by atoms with Gasteiger partial charge in [-0.2, -0.15) is 5.10 Å². The number of hydrogen-bond acceptors (Lipinski definition) is 14. The Bertz CT molecular complexity index is 5590.